The number of benzene rings is 1. The van der Waals surface area contributed by atoms with E-state index in [1.807, 2.05) is 37.4 Å². The summed E-state index contributed by atoms with van der Waals surface area (Å²) in [6, 6.07) is 5.61. The molecule has 2 aromatic heterocycles. The molecule has 1 N–H and O–H groups in total. The van der Waals surface area contributed by atoms with Gasteiger partial charge < -0.3 is 9.47 Å². The molecule has 1 aromatic carbocycles. The van der Waals surface area contributed by atoms with Crippen molar-refractivity contribution in [2.24, 2.45) is 0 Å². The van der Waals surface area contributed by atoms with Crippen LogP contribution >= 0.6 is 11.3 Å². The molecule has 0 atom stereocenters. The monoisotopic (exact) mass is 370 g/mol. The van der Waals surface area contributed by atoms with E-state index in [0.717, 1.165) is 11.3 Å². The van der Waals surface area contributed by atoms with E-state index in [9.17, 15) is 4.79 Å². The van der Waals surface area contributed by atoms with Crippen molar-refractivity contribution in [2.45, 2.75) is 13.8 Å². The van der Waals surface area contributed by atoms with Crippen LogP contribution in [0.25, 0.3) is 11.3 Å². The Bertz CT molecular complexity index is 883. The van der Waals surface area contributed by atoms with E-state index in [0.29, 0.717) is 29.8 Å². The quantitative estimate of drug-likeness (QED) is 0.683. The van der Waals surface area contributed by atoms with Crippen LogP contribution < -0.4 is 14.8 Å². The molecular formula is C18H18N4O3S. The SMILES string of the molecule is CCOc1ccc(OCC)c(-c2csc(NC(=O)c3cnccn3)n2)c1. The largest absolute Gasteiger partial charge is 0.494 e. The van der Waals surface area contributed by atoms with Crippen LogP contribution in [0.15, 0.2) is 42.2 Å². The highest BCUT2D eigenvalue weighted by atomic mass is 32.1. The van der Waals surface area contributed by atoms with E-state index in [1.54, 1.807) is 0 Å². The number of aromatic nitrogens is 3. The topological polar surface area (TPSA) is 86.2 Å². The second-order valence-electron chi connectivity index (χ2n) is 5.11. The van der Waals surface area contributed by atoms with Gasteiger partial charge in [-0.1, -0.05) is 0 Å². The molecule has 0 unspecified atom stereocenters. The molecular weight excluding hydrogens is 352 g/mol. The first-order valence-corrected chi connectivity index (χ1v) is 9.02. The van der Waals surface area contributed by atoms with Crippen molar-refractivity contribution in [1.29, 1.82) is 0 Å². The van der Waals surface area contributed by atoms with Crippen molar-refractivity contribution in [3.8, 4) is 22.8 Å². The summed E-state index contributed by atoms with van der Waals surface area (Å²) in [6.07, 6.45) is 4.39. The van der Waals surface area contributed by atoms with Crippen LogP contribution in [0.3, 0.4) is 0 Å². The first-order valence-electron chi connectivity index (χ1n) is 8.14. The van der Waals surface area contributed by atoms with E-state index in [1.165, 1.54) is 29.9 Å². The number of carbonyl (C=O) groups is 1. The molecule has 0 fully saturated rings. The summed E-state index contributed by atoms with van der Waals surface area (Å²) < 4.78 is 11.3. The van der Waals surface area contributed by atoms with Gasteiger partial charge in [0.05, 0.1) is 25.1 Å². The Morgan fingerprint density at radius 2 is 2.04 bits per heavy atom. The Morgan fingerprint density at radius 3 is 2.77 bits per heavy atom. The third-order valence-corrected chi connectivity index (χ3v) is 4.12. The predicted octanol–water partition coefficient (Wildman–Crippen LogP) is 3.65. The fourth-order valence-corrected chi connectivity index (χ4v) is 2.99. The van der Waals surface area contributed by atoms with Gasteiger partial charge >= 0.3 is 0 Å². The maximum absolute atomic E-state index is 12.2. The number of carbonyl (C=O) groups excluding carboxylic acids is 1. The highest BCUT2D eigenvalue weighted by molar-refractivity contribution is 7.14. The number of amides is 1. The van der Waals surface area contributed by atoms with Crippen LogP contribution in [-0.4, -0.2) is 34.1 Å². The molecule has 1 amide bonds. The first kappa shape index (κ1) is 17.8. The van der Waals surface area contributed by atoms with Gasteiger partial charge in [0.15, 0.2) is 5.13 Å². The molecule has 3 rings (SSSR count). The number of rotatable bonds is 7. The highest BCUT2D eigenvalue weighted by Gasteiger charge is 2.14. The normalized spacial score (nSPS) is 10.4. The number of hydrogen-bond donors (Lipinski definition) is 1. The number of nitrogens with zero attached hydrogens (tertiary/aromatic N) is 3. The number of hydrogen-bond acceptors (Lipinski definition) is 7. The second-order valence-corrected chi connectivity index (χ2v) is 5.96. The average molecular weight is 370 g/mol. The zero-order chi connectivity index (χ0) is 18.4. The minimum atomic E-state index is -0.355. The van der Waals surface area contributed by atoms with Gasteiger partial charge in [0.1, 0.15) is 17.2 Å². The van der Waals surface area contributed by atoms with Crippen LogP contribution in [0.4, 0.5) is 5.13 Å². The Kier molecular flexibility index (Phi) is 5.75. The van der Waals surface area contributed by atoms with Gasteiger partial charge in [-0.05, 0) is 32.0 Å². The first-order chi connectivity index (χ1) is 12.7. The lowest BCUT2D eigenvalue weighted by molar-refractivity contribution is 0.102. The molecule has 0 saturated heterocycles. The molecule has 0 radical (unpaired) electrons. The molecule has 0 aliphatic rings. The molecule has 7 nitrogen and oxygen atoms in total. The molecule has 0 aliphatic heterocycles. The molecule has 0 bridgehead atoms. The van der Waals surface area contributed by atoms with Gasteiger partial charge in [0.2, 0.25) is 0 Å². The Labute approximate surface area is 155 Å². The summed E-state index contributed by atoms with van der Waals surface area (Å²) >= 11 is 1.33. The Balaban J connectivity index is 1.84. The van der Waals surface area contributed by atoms with Crippen molar-refractivity contribution in [3.05, 3.63) is 47.9 Å². The van der Waals surface area contributed by atoms with Crippen molar-refractivity contribution < 1.29 is 14.3 Å². The molecule has 2 heterocycles. The van der Waals surface area contributed by atoms with Crippen molar-refractivity contribution in [1.82, 2.24) is 15.0 Å². The second kappa shape index (κ2) is 8.39. The highest BCUT2D eigenvalue weighted by Crippen LogP contribution is 2.35. The zero-order valence-electron chi connectivity index (χ0n) is 14.4. The molecule has 3 aromatic rings. The van der Waals surface area contributed by atoms with E-state index >= 15 is 0 Å². The van der Waals surface area contributed by atoms with E-state index in [2.05, 4.69) is 20.3 Å². The summed E-state index contributed by atoms with van der Waals surface area (Å²) in [4.78, 5) is 24.5. The van der Waals surface area contributed by atoms with E-state index in [-0.39, 0.29) is 11.6 Å². The third-order valence-electron chi connectivity index (χ3n) is 3.36. The third kappa shape index (κ3) is 4.15. The molecule has 0 aliphatic carbocycles. The lowest BCUT2D eigenvalue weighted by Crippen LogP contribution is -2.13. The lowest BCUT2D eigenvalue weighted by Gasteiger charge is -2.11. The van der Waals surface area contributed by atoms with Gasteiger partial charge in [-0.15, -0.1) is 11.3 Å². The Hall–Kier alpha value is -3.00. The summed E-state index contributed by atoms with van der Waals surface area (Å²) in [5.74, 6) is 1.10. The van der Waals surface area contributed by atoms with Crippen LogP contribution in [0, 0.1) is 0 Å². The number of thiazole rings is 1. The van der Waals surface area contributed by atoms with Crippen molar-refractivity contribution in [3.63, 3.8) is 0 Å². The van der Waals surface area contributed by atoms with Crippen LogP contribution in [-0.2, 0) is 0 Å². The average Bonchev–Trinajstić information content (AvgIpc) is 3.12. The summed E-state index contributed by atoms with van der Waals surface area (Å²) in [6.45, 7) is 4.97. The molecule has 8 heteroatoms. The minimum absolute atomic E-state index is 0.234. The summed E-state index contributed by atoms with van der Waals surface area (Å²) in [5.41, 5.74) is 1.75. The van der Waals surface area contributed by atoms with Gasteiger partial charge in [-0.25, -0.2) is 9.97 Å². The number of anilines is 1. The molecule has 0 spiro atoms. The van der Waals surface area contributed by atoms with Gasteiger partial charge in [0, 0.05) is 23.3 Å². The van der Waals surface area contributed by atoms with Crippen LogP contribution in [0.2, 0.25) is 0 Å². The maximum atomic E-state index is 12.2. The maximum Gasteiger partial charge on any atom is 0.277 e. The summed E-state index contributed by atoms with van der Waals surface area (Å²) in [5, 5.41) is 5.07. The van der Waals surface area contributed by atoms with Gasteiger partial charge in [-0.3, -0.25) is 15.1 Å². The fraction of sp³-hybridized carbons (Fsp3) is 0.222. The number of nitrogens with one attached hydrogen (secondary N) is 1. The zero-order valence-corrected chi connectivity index (χ0v) is 15.2. The standard InChI is InChI=1S/C18H18N4O3S/c1-3-24-12-5-6-16(25-4-2)13(9-12)15-11-26-18(21-15)22-17(23)14-10-19-7-8-20-14/h5-11H,3-4H2,1-2H3,(H,21,22,23). The molecule has 134 valence electrons. The van der Waals surface area contributed by atoms with E-state index < -0.39 is 0 Å². The Morgan fingerprint density at radius 1 is 1.19 bits per heavy atom. The fourth-order valence-electron chi connectivity index (χ4n) is 2.28. The predicted molar refractivity (Wildman–Crippen MR) is 99.9 cm³/mol. The van der Waals surface area contributed by atoms with Crippen LogP contribution in [0.5, 0.6) is 11.5 Å². The smallest absolute Gasteiger partial charge is 0.277 e. The van der Waals surface area contributed by atoms with Crippen molar-refractivity contribution in [2.75, 3.05) is 18.5 Å². The number of ether oxygens (including phenoxy) is 2. The van der Waals surface area contributed by atoms with Gasteiger partial charge in [-0.2, -0.15) is 0 Å². The minimum Gasteiger partial charge on any atom is -0.494 e. The van der Waals surface area contributed by atoms with E-state index in [4.69, 9.17) is 9.47 Å². The van der Waals surface area contributed by atoms with Crippen molar-refractivity contribution >= 4 is 22.4 Å². The van der Waals surface area contributed by atoms with Crippen LogP contribution in [0.1, 0.15) is 24.3 Å². The summed E-state index contributed by atoms with van der Waals surface area (Å²) in [7, 11) is 0. The lowest BCUT2D eigenvalue weighted by atomic mass is 10.1. The molecule has 0 saturated carbocycles. The molecule has 26 heavy (non-hydrogen) atoms. The van der Waals surface area contributed by atoms with Gasteiger partial charge in [0.25, 0.3) is 5.91 Å².